The van der Waals surface area contributed by atoms with Gasteiger partial charge in [-0.05, 0) is 54.1 Å². The standard InChI is InChI=1S/C20H19N3O7S2/c1-30-19-9-5-17(6-10-19)22-32(28,29)20-11-7-16(8-12-20)21-31(26,27)14-15-3-2-4-18(13-15)23(24)25/h2-13,21-22H,14H2,1H3. The Hall–Kier alpha value is -3.64. The van der Waals surface area contributed by atoms with Gasteiger partial charge < -0.3 is 4.74 Å². The van der Waals surface area contributed by atoms with Gasteiger partial charge in [0.05, 0.1) is 22.7 Å². The summed E-state index contributed by atoms with van der Waals surface area (Å²) in [7, 11) is -6.27. The van der Waals surface area contributed by atoms with Gasteiger partial charge in [-0.1, -0.05) is 12.1 Å². The zero-order chi connectivity index (χ0) is 23.4. The molecule has 0 spiro atoms. The van der Waals surface area contributed by atoms with E-state index in [0.29, 0.717) is 11.4 Å². The number of nitro groups is 1. The fourth-order valence-electron chi connectivity index (χ4n) is 2.77. The van der Waals surface area contributed by atoms with E-state index < -0.39 is 30.7 Å². The van der Waals surface area contributed by atoms with E-state index >= 15 is 0 Å². The van der Waals surface area contributed by atoms with Crippen LogP contribution in [-0.4, -0.2) is 28.9 Å². The van der Waals surface area contributed by atoms with Gasteiger partial charge in [0.25, 0.3) is 15.7 Å². The Morgan fingerprint density at radius 1 is 0.875 bits per heavy atom. The molecule has 3 rings (SSSR count). The summed E-state index contributed by atoms with van der Waals surface area (Å²) in [5.41, 5.74) is 0.526. The number of methoxy groups -OCH3 is 1. The second kappa shape index (κ2) is 9.24. The van der Waals surface area contributed by atoms with Crippen LogP contribution < -0.4 is 14.2 Å². The lowest BCUT2D eigenvalue weighted by Gasteiger charge is -2.11. The predicted molar refractivity (Wildman–Crippen MR) is 120 cm³/mol. The zero-order valence-electron chi connectivity index (χ0n) is 16.8. The summed E-state index contributed by atoms with van der Waals surface area (Å²) in [5, 5.41) is 10.8. The Balaban J connectivity index is 1.70. The second-order valence-corrected chi connectivity index (χ2v) is 10.1. The molecule has 168 valence electrons. The van der Waals surface area contributed by atoms with Crippen LogP contribution in [0.1, 0.15) is 5.56 Å². The Morgan fingerprint density at radius 2 is 1.47 bits per heavy atom. The smallest absolute Gasteiger partial charge is 0.269 e. The van der Waals surface area contributed by atoms with E-state index in [-0.39, 0.29) is 21.8 Å². The third-order valence-electron chi connectivity index (χ3n) is 4.26. The molecule has 0 aromatic heterocycles. The third-order valence-corrected chi connectivity index (χ3v) is 6.92. The number of anilines is 2. The molecule has 0 radical (unpaired) electrons. The van der Waals surface area contributed by atoms with E-state index in [1.54, 1.807) is 24.3 Å². The first-order chi connectivity index (χ1) is 15.1. The van der Waals surface area contributed by atoms with E-state index in [9.17, 15) is 26.9 Å². The number of benzene rings is 3. The molecule has 2 N–H and O–H groups in total. The van der Waals surface area contributed by atoms with Gasteiger partial charge in [0.1, 0.15) is 5.75 Å². The van der Waals surface area contributed by atoms with Crippen molar-refractivity contribution in [1.82, 2.24) is 0 Å². The lowest BCUT2D eigenvalue weighted by molar-refractivity contribution is -0.384. The maximum atomic E-state index is 12.5. The van der Waals surface area contributed by atoms with Crippen LogP contribution in [-0.2, 0) is 25.8 Å². The number of nitro benzene ring substituents is 1. The maximum absolute atomic E-state index is 12.5. The number of nitrogens with zero attached hydrogens (tertiary/aromatic N) is 1. The van der Waals surface area contributed by atoms with Crippen LogP contribution in [0.25, 0.3) is 0 Å². The molecule has 3 aromatic rings. The van der Waals surface area contributed by atoms with Crippen LogP contribution >= 0.6 is 0 Å². The van der Waals surface area contributed by atoms with E-state index in [1.165, 1.54) is 55.6 Å². The van der Waals surface area contributed by atoms with Gasteiger partial charge >= 0.3 is 0 Å². The molecule has 10 nitrogen and oxygen atoms in total. The minimum atomic E-state index is -3.89. The van der Waals surface area contributed by atoms with Crippen molar-refractivity contribution in [2.45, 2.75) is 10.6 Å². The number of nitrogens with one attached hydrogen (secondary N) is 2. The molecule has 0 saturated carbocycles. The Bertz CT molecular complexity index is 1320. The van der Waals surface area contributed by atoms with Crippen molar-refractivity contribution in [3.05, 3.63) is 88.5 Å². The molecule has 0 amide bonds. The summed E-state index contributed by atoms with van der Waals surface area (Å²) in [6.07, 6.45) is 0. The molecule has 0 aliphatic carbocycles. The normalized spacial score (nSPS) is 11.5. The van der Waals surface area contributed by atoms with Crippen LogP contribution in [0.2, 0.25) is 0 Å². The van der Waals surface area contributed by atoms with Gasteiger partial charge in [0.15, 0.2) is 0 Å². The maximum Gasteiger partial charge on any atom is 0.269 e. The van der Waals surface area contributed by atoms with Crippen molar-refractivity contribution in [3.8, 4) is 5.75 Å². The average molecular weight is 478 g/mol. The first-order valence-electron chi connectivity index (χ1n) is 9.09. The molecular weight excluding hydrogens is 458 g/mol. The summed E-state index contributed by atoms with van der Waals surface area (Å²) < 4.78 is 59.7. The Kier molecular flexibility index (Phi) is 6.65. The number of hydrogen-bond acceptors (Lipinski definition) is 7. The van der Waals surface area contributed by atoms with Gasteiger partial charge in [-0.15, -0.1) is 0 Å². The highest BCUT2D eigenvalue weighted by molar-refractivity contribution is 7.92. The molecule has 3 aromatic carbocycles. The molecule has 0 aliphatic rings. The van der Waals surface area contributed by atoms with Crippen molar-refractivity contribution in [1.29, 1.82) is 0 Å². The molecule has 0 bridgehead atoms. The topological polar surface area (TPSA) is 145 Å². The first kappa shape index (κ1) is 23.0. The summed E-state index contributed by atoms with van der Waals surface area (Å²) in [5.74, 6) is 0.100. The number of hydrogen-bond donors (Lipinski definition) is 2. The van der Waals surface area contributed by atoms with Gasteiger partial charge in [0.2, 0.25) is 10.0 Å². The number of non-ortho nitro benzene ring substituents is 1. The molecule has 0 unspecified atom stereocenters. The third kappa shape index (κ3) is 5.95. The molecule has 32 heavy (non-hydrogen) atoms. The van der Waals surface area contributed by atoms with Crippen molar-refractivity contribution in [2.24, 2.45) is 0 Å². The highest BCUT2D eigenvalue weighted by atomic mass is 32.2. The largest absolute Gasteiger partial charge is 0.497 e. The molecular formula is C20H19N3O7S2. The van der Waals surface area contributed by atoms with E-state index in [2.05, 4.69) is 9.44 Å². The fraction of sp³-hybridized carbons (Fsp3) is 0.100. The lowest BCUT2D eigenvalue weighted by Crippen LogP contribution is -2.16. The minimum Gasteiger partial charge on any atom is -0.497 e. The van der Waals surface area contributed by atoms with Crippen molar-refractivity contribution < 1.29 is 26.5 Å². The number of sulfonamides is 2. The number of ether oxygens (including phenoxy) is 1. The fourth-order valence-corrected chi connectivity index (χ4v) is 5.01. The van der Waals surface area contributed by atoms with Crippen LogP contribution in [0.3, 0.4) is 0 Å². The SMILES string of the molecule is COc1ccc(NS(=O)(=O)c2ccc(NS(=O)(=O)Cc3cccc([N+](=O)[O-])c3)cc2)cc1. The van der Waals surface area contributed by atoms with Crippen molar-refractivity contribution in [2.75, 3.05) is 16.6 Å². The summed E-state index contributed by atoms with van der Waals surface area (Å²) in [6.45, 7) is 0. The highest BCUT2D eigenvalue weighted by Gasteiger charge is 2.17. The Morgan fingerprint density at radius 3 is 2.06 bits per heavy atom. The van der Waals surface area contributed by atoms with Crippen molar-refractivity contribution in [3.63, 3.8) is 0 Å². The van der Waals surface area contributed by atoms with E-state index in [4.69, 9.17) is 4.74 Å². The van der Waals surface area contributed by atoms with E-state index in [1.807, 2.05) is 0 Å². The van der Waals surface area contributed by atoms with Gasteiger partial charge in [0, 0.05) is 23.5 Å². The molecule has 0 aliphatic heterocycles. The summed E-state index contributed by atoms with van der Waals surface area (Å²) in [6, 6.07) is 16.8. The van der Waals surface area contributed by atoms with Gasteiger partial charge in [-0.3, -0.25) is 19.6 Å². The van der Waals surface area contributed by atoms with Crippen LogP contribution in [0.4, 0.5) is 17.1 Å². The molecule has 0 atom stereocenters. The molecule has 0 fully saturated rings. The quantitative estimate of drug-likeness (QED) is 0.355. The first-order valence-corrected chi connectivity index (χ1v) is 12.2. The predicted octanol–water partition coefficient (Wildman–Crippen LogP) is 3.35. The van der Waals surface area contributed by atoms with Crippen LogP contribution in [0.5, 0.6) is 5.75 Å². The van der Waals surface area contributed by atoms with Gasteiger partial charge in [-0.25, -0.2) is 16.8 Å². The Labute approximate surface area is 185 Å². The highest BCUT2D eigenvalue weighted by Crippen LogP contribution is 2.22. The minimum absolute atomic E-state index is 0.0602. The van der Waals surface area contributed by atoms with E-state index in [0.717, 1.165) is 0 Å². The average Bonchev–Trinajstić information content (AvgIpc) is 2.74. The monoisotopic (exact) mass is 477 g/mol. The van der Waals surface area contributed by atoms with Crippen LogP contribution in [0.15, 0.2) is 77.7 Å². The number of rotatable bonds is 9. The van der Waals surface area contributed by atoms with Gasteiger partial charge in [-0.2, -0.15) is 0 Å². The van der Waals surface area contributed by atoms with Crippen molar-refractivity contribution >= 4 is 37.1 Å². The zero-order valence-corrected chi connectivity index (χ0v) is 18.4. The summed E-state index contributed by atoms with van der Waals surface area (Å²) in [4.78, 5) is 10.2. The van der Waals surface area contributed by atoms with Crippen LogP contribution in [0, 0.1) is 10.1 Å². The molecule has 0 saturated heterocycles. The molecule has 12 heteroatoms. The lowest BCUT2D eigenvalue weighted by atomic mass is 10.2. The second-order valence-electron chi connectivity index (χ2n) is 6.65. The molecule has 0 heterocycles. The summed E-state index contributed by atoms with van der Waals surface area (Å²) >= 11 is 0.